The number of rotatable bonds is 14. The highest BCUT2D eigenvalue weighted by atomic mass is 16.5. The van der Waals surface area contributed by atoms with Crippen LogP contribution in [-0.4, -0.2) is 52.7 Å². The van der Waals surface area contributed by atoms with Crippen LogP contribution in [0.5, 0.6) is 0 Å². The van der Waals surface area contributed by atoms with E-state index in [9.17, 15) is 4.79 Å². The summed E-state index contributed by atoms with van der Waals surface area (Å²) in [5.41, 5.74) is 0. The molecule has 0 saturated carbocycles. The van der Waals surface area contributed by atoms with Crippen LogP contribution >= 0.6 is 0 Å². The van der Waals surface area contributed by atoms with Crippen molar-refractivity contribution in [1.82, 2.24) is 0 Å². The number of ether oxygens (including phenoxy) is 4. The van der Waals surface area contributed by atoms with Crippen molar-refractivity contribution in [2.75, 3.05) is 28.4 Å². The van der Waals surface area contributed by atoms with Gasteiger partial charge in [-0.3, -0.25) is 4.79 Å². The van der Waals surface area contributed by atoms with Gasteiger partial charge in [0.25, 0.3) is 0 Å². The Kier molecular flexibility index (Phi) is 13.2. The maximum Gasteiger partial charge on any atom is 0.305 e. The molecule has 5 nitrogen and oxygen atoms in total. The van der Waals surface area contributed by atoms with Crippen molar-refractivity contribution in [2.24, 2.45) is 17.8 Å². The average molecular weight is 361 g/mol. The van der Waals surface area contributed by atoms with Crippen LogP contribution in [0.2, 0.25) is 0 Å². The van der Waals surface area contributed by atoms with E-state index in [-0.39, 0.29) is 24.3 Å². The molecular weight excluding hydrogens is 320 g/mol. The van der Waals surface area contributed by atoms with Gasteiger partial charge < -0.3 is 18.9 Å². The van der Waals surface area contributed by atoms with Gasteiger partial charge in [0.2, 0.25) is 0 Å². The summed E-state index contributed by atoms with van der Waals surface area (Å²) in [6.07, 6.45) is 4.64. The standard InChI is InChI=1S/C20H40O5/c1-9-17(22-5)15(3)12-19(24-7)16(4)13-18(23-6)14(2)10-11-20(21)25-8/h14-19H,9-13H2,1-8H3. The Hall–Kier alpha value is -0.650. The van der Waals surface area contributed by atoms with E-state index in [1.54, 1.807) is 21.3 Å². The Labute approximate surface area is 154 Å². The molecule has 0 saturated heterocycles. The van der Waals surface area contributed by atoms with Gasteiger partial charge in [0.15, 0.2) is 0 Å². The molecule has 0 rings (SSSR count). The van der Waals surface area contributed by atoms with Crippen LogP contribution in [0.3, 0.4) is 0 Å². The van der Waals surface area contributed by atoms with Crippen molar-refractivity contribution in [3.8, 4) is 0 Å². The zero-order chi connectivity index (χ0) is 19.4. The number of methoxy groups -OCH3 is 4. The average Bonchev–Trinajstić information content (AvgIpc) is 2.62. The van der Waals surface area contributed by atoms with Crippen LogP contribution in [0.25, 0.3) is 0 Å². The number of hydrogen-bond acceptors (Lipinski definition) is 5. The summed E-state index contributed by atoms with van der Waals surface area (Å²) in [4.78, 5) is 11.4. The highest BCUT2D eigenvalue weighted by molar-refractivity contribution is 5.69. The summed E-state index contributed by atoms with van der Waals surface area (Å²) in [6, 6.07) is 0. The topological polar surface area (TPSA) is 54.0 Å². The molecule has 0 bridgehead atoms. The Morgan fingerprint density at radius 1 is 0.760 bits per heavy atom. The maximum absolute atomic E-state index is 11.4. The quantitative estimate of drug-likeness (QED) is 0.437. The monoisotopic (exact) mass is 360 g/mol. The summed E-state index contributed by atoms with van der Waals surface area (Å²) in [5, 5.41) is 0. The molecule has 6 unspecified atom stereocenters. The van der Waals surface area contributed by atoms with E-state index in [2.05, 4.69) is 27.7 Å². The third kappa shape index (κ3) is 9.02. The van der Waals surface area contributed by atoms with E-state index in [0.29, 0.717) is 24.2 Å². The predicted molar refractivity (Wildman–Crippen MR) is 101 cm³/mol. The van der Waals surface area contributed by atoms with E-state index in [0.717, 1.165) is 25.7 Å². The van der Waals surface area contributed by atoms with Crippen LogP contribution in [0.4, 0.5) is 0 Å². The SMILES string of the molecule is CCC(OC)C(C)CC(OC)C(C)CC(OC)C(C)CCC(=O)OC. The number of carbonyl (C=O) groups excluding carboxylic acids is 1. The second-order valence-corrected chi connectivity index (χ2v) is 7.25. The van der Waals surface area contributed by atoms with Crippen LogP contribution in [0.15, 0.2) is 0 Å². The smallest absolute Gasteiger partial charge is 0.305 e. The molecule has 5 heteroatoms. The van der Waals surface area contributed by atoms with Gasteiger partial charge >= 0.3 is 5.97 Å². The highest BCUT2D eigenvalue weighted by Gasteiger charge is 2.28. The van der Waals surface area contributed by atoms with Gasteiger partial charge in [0.05, 0.1) is 25.4 Å². The fourth-order valence-electron chi connectivity index (χ4n) is 3.59. The van der Waals surface area contributed by atoms with Crippen LogP contribution in [0, 0.1) is 17.8 Å². The van der Waals surface area contributed by atoms with Crippen LogP contribution in [-0.2, 0) is 23.7 Å². The molecule has 0 N–H and O–H groups in total. The highest BCUT2D eigenvalue weighted by Crippen LogP contribution is 2.27. The molecule has 0 aromatic carbocycles. The first-order valence-electron chi connectivity index (χ1n) is 9.49. The van der Waals surface area contributed by atoms with Gasteiger partial charge in [0.1, 0.15) is 0 Å². The third-order valence-electron chi connectivity index (χ3n) is 5.45. The Bertz CT molecular complexity index is 343. The second-order valence-electron chi connectivity index (χ2n) is 7.25. The predicted octanol–water partition coefficient (Wildman–Crippen LogP) is 4.08. The van der Waals surface area contributed by atoms with E-state index in [4.69, 9.17) is 18.9 Å². The Morgan fingerprint density at radius 2 is 1.20 bits per heavy atom. The van der Waals surface area contributed by atoms with Gasteiger partial charge in [-0.05, 0) is 43.4 Å². The largest absolute Gasteiger partial charge is 0.469 e. The molecule has 25 heavy (non-hydrogen) atoms. The van der Waals surface area contributed by atoms with Gasteiger partial charge in [-0.2, -0.15) is 0 Å². The minimum atomic E-state index is -0.163. The van der Waals surface area contributed by atoms with Gasteiger partial charge in [-0.1, -0.05) is 27.7 Å². The summed E-state index contributed by atoms with van der Waals surface area (Å²) in [7, 11) is 6.73. The Morgan fingerprint density at radius 3 is 1.60 bits per heavy atom. The van der Waals surface area contributed by atoms with Crippen LogP contribution < -0.4 is 0 Å². The first kappa shape index (κ1) is 24.4. The molecule has 0 fully saturated rings. The van der Waals surface area contributed by atoms with E-state index in [1.165, 1.54) is 7.11 Å². The minimum absolute atomic E-state index is 0.108. The molecule has 0 aliphatic heterocycles. The lowest BCUT2D eigenvalue weighted by Gasteiger charge is -2.32. The first-order chi connectivity index (χ1) is 11.8. The summed E-state index contributed by atoms with van der Waals surface area (Å²) in [6.45, 7) is 8.73. The van der Waals surface area contributed by atoms with Gasteiger partial charge in [0, 0.05) is 27.8 Å². The van der Waals surface area contributed by atoms with E-state index >= 15 is 0 Å². The van der Waals surface area contributed by atoms with E-state index in [1.807, 2.05) is 0 Å². The summed E-state index contributed by atoms with van der Waals surface area (Å²) < 4.78 is 21.8. The molecule has 6 atom stereocenters. The van der Waals surface area contributed by atoms with Crippen molar-refractivity contribution in [3.05, 3.63) is 0 Å². The summed E-state index contributed by atoms with van der Waals surface area (Å²) in [5.74, 6) is 0.944. The molecule has 150 valence electrons. The first-order valence-corrected chi connectivity index (χ1v) is 9.49. The fraction of sp³-hybridized carbons (Fsp3) is 0.950. The second kappa shape index (κ2) is 13.5. The zero-order valence-electron chi connectivity index (χ0n) is 17.5. The van der Waals surface area contributed by atoms with Crippen molar-refractivity contribution in [1.29, 1.82) is 0 Å². The van der Waals surface area contributed by atoms with Crippen molar-refractivity contribution in [2.45, 2.75) is 78.1 Å². The lowest BCUT2D eigenvalue weighted by Crippen LogP contribution is -2.32. The number of carbonyl (C=O) groups is 1. The summed E-state index contributed by atoms with van der Waals surface area (Å²) >= 11 is 0. The van der Waals surface area contributed by atoms with E-state index < -0.39 is 0 Å². The molecule has 0 aliphatic carbocycles. The normalized spacial score (nSPS) is 18.9. The van der Waals surface area contributed by atoms with Crippen molar-refractivity contribution < 1.29 is 23.7 Å². The van der Waals surface area contributed by atoms with Crippen molar-refractivity contribution >= 4 is 5.97 Å². The minimum Gasteiger partial charge on any atom is -0.469 e. The molecule has 0 aromatic rings. The lowest BCUT2D eigenvalue weighted by atomic mass is 9.84. The fourth-order valence-corrected chi connectivity index (χ4v) is 3.59. The molecule has 0 aliphatic rings. The molecule has 0 radical (unpaired) electrons. The molecule has 0 spiro atoms. The van der Waals surface area contributed by atoms with Crippen molar-refractivity contribution in [3.63, 3.8) is 0 Å². The van der Waals surface area contributed by atoms with Gasteiger partial charge in [-0.25, -0.2) is 0 Å². The number of hydrogen-bond donors (Lipinski definition) is 0. The third-order valence-corrected chi connectivity index (χ3v) is 5.45. The molecule has 0 heterocycles. The lowest BCUT2D eigenvalue weighted by molar-refractivity contribution is -0.141. The molecule has 0 amide bonds. The zero-order valence-corrected chi connectivity index (χ0v) is 17.5. The maximum atomic E-state index is 11.4. The van der Waals surface area contributed by atoms with Crippen LogP contribution in [0.1, 0.15) is 59.8 Å². The van der Waals surface area contributed by atoms with Gasteiger partial charge in [-0.15, -0.1) is 0 Å². The number of esters is 1. The molecule has 0 aromatic heterocycles. The Balaban J connectivity index is 4.64. The molecular formula is C20H40O5.